The molecule has 1 aromatic heterocycles. The molecular weight excluding hydrogens is 339 g/mol. The van der Waals surface area contributed by atoms with Crippen molar-refractivity contribution in [2.75, 3.05) is 12.3 Å². The predicted molar refractivity (Wildman–Crippen MR) is 98.0 cm³/mol. The van der Waals surface area contributed by atoms with Crippen LogP contribution in [-0.2, 0) is 11.8 Å². The molecule has 1 heterocycles. The van der Waals surface area contributed by atoms with Gasteiger partial charge in [0, 0.05) is 30.2 Å². The van der Waals surface area contributed by atoms with Crippen molar-refractivity contribution in [3.05, 3.63) is 66.1 Å². The minimum Gasteiger partial charge on any atom is -0.387 e. The van der Waals surface area contributed by atoms with E-state index in [9.17, 15) is 14.3 Å². The number of carbonyl (C=O) groups excluding carboxylic acids is 1. The van der Waals surface area contributed by atoms with Gasteiger partial charge >= 0.3 is 0 Å². The number of benzene rings is 2. The van der Waals surface area contributed by atoms with E-state index in [4.69, 9.17) is 0 Å². The van der Waals surface area contributed by atoms with Gasteiger partial charge < -0.3 is 15.0 Å². The summed E-state index contributed by atoms with van der Waals surface area (Å²) in [6.07, 6.45) is 1.21. The molecule has 6 heteroatoms. The minimum absolute atomic E-state index is 0.154. The van der Waals surface area contributed by atoms with E-state index in [0.29, 0.717) is 0 Å². The number of fused-ring (bicyclic) bond motifs is 1. The fourth-order valence-electron chi connectivity index (χ4n) is 2.57. The molecule has 3 aromatic rings. The third-order valence-electron chi connectivity index (χ3n) is 3.97. The Bertz CT molecular complexity index is 877. The Morgan fingerprint density at radius 1 is 1.24 bits per heavy atom. The fraction of sp³-hybridized carbons (Fsp3) is 0.211. The maximum absolute atomic E-state index is 12.8. The number of aliphatic hydroxyl groups excluding tert-OH is 1. The van der Waals surface area contributed by atoms with Crippen LogP contribution in [0.25, 0.3) is 10.9 Å². The van der Waals surface area contributed by atoms with Gasteiger partial charge in [-0.3, -0.25) is 4.79 Å². The molecule has 1 amide bonds. The van der Waals surface area contributed by atoms with Gasteiger partial charge in [-0.1, -0.05) is 6.07 Å². The van der Waals surface area contributed by atoms with E-state index in [0.717, 1.165) is 21.4 Å². The van der Waals surface area contributed by atoms with E-state index < -0.39 is 6.10 Å². The second kappa shape index (κ2) is 7.72. The predicted octanol–water partition coefficient (Wildman–Crippen LogP) is 3.26. The molecule has 130 valence electrons. The number of hydrogen-bond donors (Lipinski definition) is 2. The number of rotatable bonds is 6. The highest BCUT2D eigenvalue weighted by molar-refractivity contribution is 8.00. The van der Waals surface area contributed by atoms with Crippen molar-refractivity contribution in [2.45, 2.75) is 11.0 Å². The van der Waals surface area contributed by atoms with Gasteiger partial charge in [0.1, 0.15) is 5.82 Å². The molecule has 0 saturated carbocycles. The molecule has 0 bridgehead atoms. The summed E-state index contributed by atoms with van der Waals surface area (Å²) in [4.78, 5) is 12.7. The molecule has 0 unspecified atom stereocenters. The molecular formula is C19H19FN2O2S. The summed E-state index contributed by atoms with van der Waals surface area (Å²) in [5, 5.41) is 14.1. The maximum atomic E-state index is 12.8. The molecule has 2 N–H and O–H groups in total. The summed E-state index contributed by atoms with van der Waals surface area (Å²) in [5.74, 6) is -0.253. The third kappa shape index (κ3) is 4.41. The summed E-state index contributed by atoms with van der Waals surface area (Å²) in [7, 11) is 1.97. The molecule has 2 aromatic carbocycles. The van der Waals surface area contributed by atoms with Crippen LogP contribution in [0.1, 0.15) is 11.7 Å². The number of aryl methyl sites for hydroxylation is 1. The van der Waals surface area contributed by atoms with Crippen molar-refractivity contribution >= 4 is 28.6 Å². The Balaban J connectivity index is 1.51. The van der Waals surface area contributed by atoms with Gasteiger partial charge in [0.15, 0.2) is 0 Å². The minimum atomic E-state index is -0.760. The van der Waals surface area contributed by atoms with Crippen LogP contribution in [-0.4, -0.2) is 27.9 Å². The average Bonchev–Trinajstić information content (AvgIpc) is 2.99. The van der Waals surface area contributed by atoms with E-state index in [1.165, 1.54) is 23.9 Å². The second-order valence-electron chi connectivity index (χ2n) is 5.81. The van der Waals surface area contributed by atoms with Crippen molar-refractivity contribution in [1.29, 1.82) is 0 Å². The molecule has 25 heavy (non-hydrogen) atoms. The molecule has 3 rings (SSSR count). The van der Waals surface area contributed by atoms with E-state index in [1.54, 1.807) is 12.1 Å². The fourth-order valence-corrected chi connectivity index (χ4v) is 3.29. The number of nitrogens with zero attached hydrogens (tertiary/aromatic N) is 1. The van der Waals surface area contributed by atoms with E-state index in [-0.39, 0.29) is 24.0 Å². The number of hydrogen-bond acceptors (Lipinski definition) is 3. The molecule has 0 saturated heterocycles. The average molecular weight is 358 g/mol. The quantitative estimate of drug-likeness (QED) is 0.665. The zero-order valence-electron chi connectivity index (χ0n) is 13.8. The Labute approximate surface area is 149 Å². The summed E-state index contributed by atoms with van der Waals surface area (Å²) in [6, 6.07) is 13.7. The van der Waals surface area contributed by atoms with Gasteiger partial charge in [0.25, 0.3) is 0 Å². The number of amides is 1. The number of nitrogens with one attached hydrogen (secondary N) is 1. The summed E-state index contributed by atoms with van der Waals surface area (Å²) < 4.78 is 14.9. The number of thioether (sulfide) groups is 1. The molecule has 1 atom stereocenters. The molecule has 0 aliphatic rings. The van der Waals surface area contributed by atoms with Crippen LogP contribution in [0.5, 0.6) is 0 Å². The normalized spacial score (nSPS) is 12.3. The van der Waals surface area contributed by atoms with Crippen molar-refractivity contribution in [2.24, 2.45) is 7.05 Å². The molecule has 0 spiro atoms. The zero-order chi connectivity index (χ0) is 17.8. The zero-order valence-corrected chi connectivity index (χ0v) is 14.6. The molecule has 4 nitrogen and oxygen atoms in total. The van der Waals surface area contributed by atoms with E-state index in [2.05, 4.69) is 5.32 Å². The van der Waals surface area contributed by atoms with Crippen molar-refractivity contribution in [3.63, 3.8) is 0 Å². The van der Waals surface area contributed by atoms with Gasteiger partial charge in [-0.2, -0.15) is 0 Å². The van der Waals surface area contributed by atoms with Gasteiger partial charge in [-0.15, -0.1) is 11.8 Å². The lowest BCUT2D eigenvalue weighted by molar-refractivity contribution is -0.119. The monoisotopic (exact) mass is 358 g/mol. The van der Waals surface area contributed by atoms with Gasteiger partial charge in [-0.05, 0) is 53.4 Å². The smallest absolute Gasteiger partial charge is 0.230 e. The Morgan fingerprint density at radius 3 is 2.76 bits per heavy atom. The van der Waals surface area contributed by atoms with Crippen LogP contribution in [0.2, 0.25) is 0 Å². The lowest BCUT2D eigenvalue weighted by atomic mass is 10.1. The van der Waals surface area contributed by atoms with Gasteiger partial charge in [0.2, 0.25) is 5.91 Å². The number of carbonyl (C=O) groups is 1. The van der Waals surface area contributed by atoms with Crippen molar-refractivity contribution < 1.29 is 14.3 Å². The third-order valence-corrected chi connectivity index (χ3v) is 4.98. The van der Waals surface area contributed by atoms with E-state index in [1.807, 2.05) is 42.1 Å². The molecule has 0 fully saturated rings. The Kier molecular flexibility index (Phi) is 5.40. The highest BCUT2D eigenvalue weighted by Crippen LogP contribution is 2.21. The topological polar surface area (TPSA) is 54.3 Å². The standard InChI is InChI=1S/C19H19FN2O2S/c1-22-9-8-13-10-14(2-7-17(13)22)18(23)11-21-19(24)12-25-16-5-3-15(20)4-6-16/h2-10,18,23H,11-12H2,1H3,(H,21,24)/t18-/m0/s1. The molecule has 0 radical (unpaired) electrons. The van der Waals surface area contributed by atoms with Gasteiger partial charge in [-0.25, -0.2) is 4.39 Å². The summed E-state index contributed by atoms with van der Waals surface area (Å²) in [5.41, 5.74) is 1.86. The first kappa shape index (κ1) is 17.5. The van der Waals surface area contributed by atoms with Crippen LogP contribution in [0.15, 0.2) is 59.6 Å². The largest absolute Gasteiger partial charge is 0.387 e. The Hall–Kier alpha value is -2.31. The first-order valence-corrected chi connectivity index (χ1v) is 8.89. The van der Waals surface area contributed by atoms with Crippen LogP contribution in [0.3, 0.4) is 0 Å². The van der Waals surface area contributed by atoms with Crippen molar-refractivity contribution in [3.8, 4) is 0 Å². The van der Waals surface area contributed by atoms with Crippen LogP contribution in [0, 0.1) is 5.82 Å². The van der Waals surface area contributed by atoms with Crippen molar-refractivity contribution in [1.82, 2.24) is 9.88 Å². The van der Waals surface area contributed by atoms with Gasteiger partial charge in [0.05, 0.1) is 11.9 Å². The number of aliphatic hydroxyl groups is 1. The van der Waals surface area contributed by atoms with Crippen LogP contribution >= 0.6 is 11.8 Å². The van der Waals surface area contributed by atoms with Crippen LogP contribution in [0.4, 0.5) is 4.39 Å². The first-order chi connectivity index (χ1) is 12.0. The lowest BCUT2D eigenvalue weighted by Crippen LogP contribution is -2.29. The van der Waals surface area contributed by atoms with E-state index >= 15 is 0 Å². The molecule has 0 aliphatic heterocycles. The molecule has 0 aliphatic carbocycles. The first-order valence-electron chi connectivity index (χ1n) is 7.91. The lowest BCUT2D eigenvalue weighted by Gasteiger charge is -2.13. The SMILES string of the molecule is Cn1ccc2cc([C@@H](O)CNC(=O)CSc3ccc(F)cc3)ccc21. The Morgan fingerprint density at radius 2 is 2.00 bits per heavy atom. The second-order valence-corrected chi connectivity index (χ2v) is 6.86. The highest BCUT2D eigenvalue weighted by Gasteiger charge is 2.11. The summed E-state index contributed by atoms with van der Waals surface area (Å²) >= 11 is 1.33. The highest BCUT2D eigenvalue weighted by atomic mass is 32.2. The maximum Gasteiger partial charge on any atom is 0.230 e. The van der Waals surface area contributed by atoms with Crippen LogP contribution < -0.4 is 5.32 Å². The number of aromatic nitrogens is 1. The summed E-state index contributed by atoms with van der Waals surface area (Å²) in [6.45, 7) is 0.154. The number of halogens is 1.